The third-order valence-electron chi connectivity index (χ3n) is 6.46. The number of fused-ring (bicyclic) bond motifs is 1. The molecule has 0 spiro atoms. The number of morpholine rings is 1. The van der Waals surface area contributed by atoms with Crippen LogP contribution in [-0.2, 0) is 22.5 Å². The summed E-state index contributed by atoms with van der Waals surface area (Å²) in [5.74, 6) is 1.45. The van der Waals surface area contributed by atoms with Crippen molar-refractivity contribution in [2.75, 3.05) is 52.5 Å². The molecule has 0 saturated carbocycles. The van der Waals surface area contributed by atoms with Gasteiger partial charge in [0.2, 0.25) is 5.91 Å². The van der Waals surface area contributed by atoms with Gasteiger partial charge in [0, 0.05) is 50.2 Å². The van der Waals surface area contributed by atoms with Crippen LogP contribution < -0.4 is 10.6 Å². The van der Waals surface area contributed by atoms with Gasteiger partial charge in [-0.25, -0.2) is 4.99 Å². The van der Waals surface area contributed by atoms with Crippen LogP contribution in [0.15, 0.2) is 16.4 Å². The predicted octanol–water partition coefficient (Wildman–Crippen LogP) is 2.94. The maximum absolute atomic E-state index is 12.8. The molecule has 3 heterocycles. The zero-order valence-corrected chi connectivity index (χ0v) is 22.9. The van der Waals surface area contributed by atoms with E-state index >= 15 is 0 Å². The quantitative estimate of drug-likeness (QED) is 0.269. The van der Waals surface area contributed by atoms with E-state index in [0.717, 1.165) is 71.2 Å². The van der Waals surface area contributed by atoms with Gasteiger partial charge in [-0.05, 0) is 36.3 Å². The van der Waals surface area contributed by atoms with Gasteiger partial charge < -0.3 is 20.3 Å². The maximum Gasteiger partial charge on any atom is 0.244 e. The van der Waals surface area contributed by atoms with Crippen LogP contribution in [0.2, 0.25) is 0 Å². The summed E-state index contributed by atoms with van der Waals surface area (Å²) in [4.78, 5) is 23.3. The summed E-state index contributed by atoms with van der Waals surface area (Å²) in [5.41, 5.74) is 1.29. The van der Waals surface area contributed by atoms with E-state index in [1.807, 2.05) is 4.90 Å². The molecule has 7 nitrogen and oxygen atoms in total. The second kappa shape index (κ2) is 14.4. The zero-order chi connectivity index (χ0) is 22.1. The maximum atomic E-state index is 12.8. The molecule has 1 amide bonds. The van der Waals surface area contributed by atoms with Crippen LogP contribution in [0, 0.1) is 5.92 Å². The van der Waals surface area contributed by atoms with Gasteiger partial charge in [0.15, 0.2) is 5.96 Å². The summed E-state index contributed by atoms with van der Waals surface area (Å²) in [5, 5.41) is 8.96. The standard InChI is InChI=1S/C23H39N5O2S.HI/c1-4-18(5-2)20(27-10-12-30-13-11-27)15-25-23(24-6-3)26-16-22(29)28-9-7-21-19(17-28)8-14-31-21;/h8,14,18,20H,4-7,9-13,15-17H2,1-3H3,(H2,24,25,26);1H. The number of rotatable bonds is 9. The number of ether oxygens (including phenoxy) is 1. The largest absolute Gasteiger partial charge is 0.379 e. The van der Waals surface area contributed by atoms with Gasteiger partial charge in [-0.2, -0.15) is 0 Å². The third kappa shape index (κ3) is 7.56. The van der Waals surface area contributed by atoms with Crippen molar-refractivity contribution in [3.63, 3.8) is 0 Å². The summed E-state index contributed by atoms with van der Waals surface area (Å²) in [6, 6.07) is 2.58. The molecule has 0 aliphatic carbocycles. The van der Waals surface area contributed by atoms with Crippen molar-refractivity contribution in [2.24, 2.45) is 10.9 Å². The Bertz CT molecular complexity index is 719. The van der Waals surface area contributed by atoms with Crippen molar-refractivity contribution in [3.8, 4) is 0 Å². The van der Waals surface area contributed by atoms with Gasteiger partial charge in [-0.15, -0.1) is 35.3 Å². The Morgan fingerprint density at radius 3 is 2.62 bits per heavy atom. The van der Waals surface area contributed by atoms with Gasteiger partial charge in [0.1, 0.15) is 6.54 Å². The molecule has 3 rings (SSSR count). The number of carbonyl (C=O) groups is 1. The van der Waals surface area contributed by atoms with Gasteiger partial charge in [-0.3, -0.25) is 9.69 Å². The molecule has 2 aliphatic rings. The van der Waals surface area contributed by atoms with Crippen molar-refractivity contribution in [2.45, 2.75) is 52.6 Å². The molecule has 32 heavy (non-hydrogen) atoms. The Morgan fingerprint density at radius 1 is 1.19 bits per heavy atom. The minimum Gasteiger partial charge on any atom is -0.379 e. The predicted molar refractivity (Wildman–Crippen MR) is 143 cm³/mol. The molecule has 1 saturated heterocycles. The lowest BCUT2D eigenvalue weighted by Gasteiger charge is -2.39. The molecular formula is C23H40IN5O2S. The van der Waals surface area contributed by atoms with Gasteiger partial charge in [0.25, 0.3) is 0 Å². The van der Waals surface area contributed by atoms with Gasteiger partial charge >= 0.3 is 0 Å². The van der Waals surface area contributed by atoms with Crippen molar-refractivity contribution >= 4 is 47.2 Å². The highest BCUT2D eigenvalue weighted by Crippen LogP contribution is 2.24. The molecule has 1 fully saturated rings. The molecule has 0 radical (unpaired) electrons. The van der Waals surface area contributed by atoms with Crippen LogP contribution >= 0.6 is 35.3 Å². The zero-order valence-electron chi connectivity index (χ0n) is 19.8. The lowest BCUT2D eigenvalue weighted by Crippen LogP contribution is -2.53. The highest BCUT2D eigenvalue weighted by Gasteiger charge is 2.27. The van der Waals surface area contributed by atoms with E-state index in [-0.39, 0.29) is 36.4 Å². The summed E-state index contributed by atoms with van der Waals surface area (Å²) in [6.07, 6.45) is 3.27. The summed E-state index contributed by atoms with van der Waals surface area (Å²) >= 11 is 1.79. The summed E-state index contributed by atoms with van der Waals surface area (Å²) < 4.78 is 5.56. The lowest BCUT2D eigenvalue weighted by atomic mass is 9.92. The van der Waals surface area contributed by atoms with Crippen LogP contribution in [0.1, 0.15) is 44.1 Å². The van der Waals surface area contributed by atoms with E-state index in [9.17, 15) is 4.79 Å². The Hall–Kier alpha value is -0.910. The van der Waals surface area contributed by atoms with Crippen molar-refractivity contribution < 1.29 is 9.53 Å². The number of thiophene rings is 1. The Labute approximate surface area is 214 Å². The Kier molecular flexibility index (Phi) is 12.3. The van der Waals surface area contributed by atoms with Crippen LogP contribution in [0.25, 0.3) is 0 Å². The number of carbonyl (C=O) groups excluding carboxylic acids is 1. The Morgan fingerprint density at radius 2 is 1.94 bits per heavy atom. The number of nitrogens with one attached hydrogen (secondary N) is 2. The molecular weight excluding hydrogens is 537 g/mol. The Balaban J connectivity index is 0.00000363. The fraction of sp³-hybridized carbons (Fsp3) is 0.739. The molecule has 1 aromatic heterocycles. The minimum atomic E-state index is 0. The first-order valence-corrected chi connectivity index (χ1v) is 12.7. The summed E-state index contributed by atoms with van der Waals surface area (Å²) in [7, 11) is 0. The highest BCUT2D eigenvalue weighted by molar-refractivity contribution is 14.0. The van der Waals surface area contributed by atoms with Crippen LogP contribution in [-0.4, -0.2) is 80.2 Å². The number of hydrogen-bond donors (Lipinski definition) is 2. The molecule has 0 aromatic carbocycles. The second-order valence-electron chi connectivity index (χ2n) is 8.30. The molecule has 2 aliphatic heterocycles. The first kappa shape index (κ1) is 27.3. The number of guanidine groups is 1. The molecule has 9 heteroatoms. The van der Waals surface area contributed by atoms with Gasteiger partial charge in [-0.1, -0.05) is 26.7 Å². The number of amides is 1. The highest BCUT2D eigenvalue weighted by atomic mass is 127. The smallest absolute Gasteiger partial charge is 0.244 e. The average molecular weight is 578 g/mol. The van der Waals surface area contributed by atoms with E-state index in [1.165, 1.54) is 10.4 Å². The fourth-order valence-corrected chi connectivity index (χ4v) is 5.48. The molecule has 2 N–H and O–H groups in total. The monoisotopic (exact) mass is 577 g/mol. The molecule has 1 aromatic rings. The molecule has 1 atom stereocenters. The van der Waals surface area contributed by atoms with Crippen molar-refractivity contribution in [1.82, 2.24) is 20.4 Å². The normalized spacial score (nSPS) is 18.1. The SMILES string of the molecule is CCNC(=NCC(=O)N1CCc2sccc2C1)NCC(C(CC)CC)N1CCOCC1.I. The van der Waals surface area contributed by atoms with Crippen LogP contribution in [0.5, 0.6) is 0 Å². The van der Waals surface area contributed by atoms with Crippen LogP contribution in [0.4, 0.5) is 0 Å². The van der Waals surface area contributed by atoms with E-state index < -0.39 is 0 Å². The van der Waals surface area contributed by atoms with E-state index in [2.05, 4.69) is 52.7 Å². The van der Waals surface area contributed by atoms with Gasteiger partial charge in [0.05, 0.1) is 13.2 Å². The minimum absolute atomic E-state index is 0. The number of nitrogens with zero attached hydrogens (tertiary/aromatic N) is 3. The topological polar surface area (TPSA) is 69.2 Å². The van der Waals surface area contributed by atoms with Crippen molar-refractivity contribution in [1.29, 1.82) is 0 Å². The van der Waals surface area contributed by atoms with E-state index in [0.29, 0.717) is 18.5 Å². The fourth-order valence-electron chi connectivity index (χ4n) is 4.59. The second-order valence-corrected chi connectivity index (χ2v) is 9.30. The van der Waals surface area contributed by atoms with Crippen LogP contribution in [0.3, 0.4) is 0 Å². The molecule has 0 bridgehead atoms. The third-order valence-corrected chi connectivity index (χ3v) is 7.49. The lowest BCUT2D eigenvalue weighted by molar-refractivity contribution is -0.130. The van der Waals surface area contributed by atoms with E-state index in [1.54, 1.807) is 11.3 Å². The average Bonchev–Trinajstić information content (AvgIpc) is 3.28. The number of halogens is 1. The number of hydrogen-bond acceptors (Lipinski definition) is 5. The number of aliphatic imine (C=N–C) groups is 1. The summed E-state index contributed by atoms with van der Waals surface area (Å²) in [6.45, 7) is 13.5. The first-order chi connectivity index (χ1) is 15.2. The van der Waals surface area contributed by atoms with E-state index in [4.69, 9.17) is 4.74 Å². The molecule has 182 valence electrons. The molecule has 1 unspecified atom stereocenters. The first-order valence-electron chi connectivity index (χ1n) is 11.8. The van der Waals surface area contributed by atoms with Crippen molar-refractivity contribution in [3.05, 3.63) is 21.9 Å².